The van der Waals surface area contributed by atoms with E-state index in [2.05, 4.69) is 167 Å². The molecule has 42 heavy (non-hydrogen) atoms. The van der Waals surface area contributed by atoms with E-state index >= 15 is 0 Å². The third-order valence-corrected chi connectivity index (χ3v) is 10.4. The largest absolute Gasteiger partial charge is 0.307 e. The zero-order valence-corrected chi connectivity index (χ0v) is 29.4. The van der Waals surface area contributed by atoms with Crippen LogP contribution in [0.2, 0.25) is 5.02 Å². The van der Waals surface area contributed by atoms with Crippen LogP contribution < -0.4 is 4.90 Å². The Labute approximate surface area is 269 Å². The molecule has 0 aliphatic heterocycles. The van der Waals surface area contributed by atoms with Crippen LogP contribution in [0.5, 0.6) is 0 Å². The molecule has 0 saturated carbocycles. The average molecular weight is 659 g/mol. The summed E-state index contributed by atoms with van der Waals surface area (Å²) in [7, 11) is 0. The molecule has 0 amide bonds. The van der Waals surface area contributed by atoms with Gasteiger partial charge in [0.1, 0.15) is 0 Å². The molecule has 0 N–H and O–H groups in total. The summed E-state index contributed by atoms with van der Waals surface area (Å²) in [5.41, 5.74) is 9.56. The van der Waals surface area contributed by atoms with Crippen molar-refractivity contribution in [3.63, 3.8) is 0 Å². The minimum absolute atomic E-state index is 0.0530. The number of thiophene rings is 1. The Hall–Kier alpha value is -2.59. The average Bonchev–Trinajstić information content (AvgIpc) is 3.33. The molecule has 0 aliphatic rings. The second kappa shape index (κ2) is 11.2. The quantitative estimate of drug-likeness (QED) is 0.186. The molecule has 5 aromatic rings. The third kappa shape index (κ3) is 6.07. The lowest BCUT2D eigenvalue weighted by molar-refractivity contribution is 0.590. The lowest BCUT2D eigenvalue weighted by Crippen LogP contribution is -2.14. The first-order chi connectivity index (χ1) is 19.6. The number of hydrogen-bond donors (Lipinski definition) is 0. The van der Waals surface area contributed by atoms with Gasteiger partial charge < -0.3 is 4.90 Å². The van der Waals surface area contributed by atoms with Gasteiger partial charge in [0, 0.05) is 25.6 Å². The summed E-state index contributed by atoms with van der Waals surface area (Å²) in [5, 5.41) is 4.19. The molecule has 0 atom stereocenters. The summed E-state index contributed by atoms with van der Waals surface area (Å²) in [6.07, 6.45) is 0. The summed E-state index contributed by atoms with van der Waals surface area (Å²) in [6, 6.07) is 29.0. The van der Waals surface area contributed by atoms with E-state index in [0.717, 1.165) is 32.7 Å². The maximum atomic E-state index is 7.29. The van der Waals surface area contributed by atoms with Gasteiger partial charge in [0.2, 0.25) is 0 Å². The van der Waals surface area contributed by atoms with Crippen LogP contribution in [0.1, 0.15) is 79.0 Å². The number of fused-ring (bicyclic) bond motifs is 1. The Morgan fingerprint density at radius 3 is 1.69 bits per heavy atom. The fourth-order valence-electron chi connectivity index (χ4n) is 5.26. The highest BCUT2D eigenvalue weighted by molar-refractivity contribution is 9.10. The molecule has 1 heterocycles. The molecule has 1 aromatic heterocycles. The van der Waals surface area contributed by atoms with Crippen molar-refractivity contribution >= 4 is 66.0 Å². The van der Waals surface area contributed by atoms with Gasteiger partial charge in [-0.1, -0.05) is 122 Å². The van der Waals surface area contributed by atoms with E-state index in [0.29, 0.717) is 5.02 Å². The lowest BCUT2D eigenvalue weighted by Gasteiger charge is -2.28. The topological polar surface area (TPSA) is 3.24 Å². The first kappa shape index (κ1) is 30.9. The van der Waals surface area contributed by atoms with Crippen molar-refractivity contribution in [2.75, 3.05) is 4.90 Å². The fraction of sp³-hybridized carbons (Fsp3) is 0.316. The molecule has 0 aliphatic carbocycles. The molecule has 4 heteroatoms. The first-order valence-electron chi connectivity index (χ1n) is 14.6. The highest BCUT2D eigenvalue weighted by Gasteiger charge is 2.24. The van der Waals surface area contributed by atoms with Crippen LogP contribution in [0.4, 0.5) is 17.1 Å². The van der Waals surface area contributed by atoms with Gasteiger partial charge in [-0.3, -0.25) is 0 Å². The van der Waals surface area contributed by atoms with Crippen molar-refractivity contribution in [2.24, 2.45) is 0 Å². The number of nitrogens with zero attached hydrogens (tertiary/aromatic N) is 1. The van der Waals surface area contributed by atoms with E-state index < -0.39 is 0 Å². The standard InChI is InChI=1S/C38H41BrClNS/c1-36(2,3)25-12-10-24(11-13-25)29-19-20-31(35(40)34(29)39)41(28-17-14-26(15-18-28)37(4,5)6)32-23-42-33-21-16-27(22-30(32)33)38(7,8)9/h10-23H,1-9H3. The van der Waals surface area contributed by atoms with Gasteiger partial charge in [0.15, 0.2) is 0 Å². The minimum Gasteiger partial charge on any atom is -0.307 e. The van der Waals surface area contributed by atoms with Crippen LogP contribution in [0.3, 0.4) is 0 Å². The monoisotopic (exact) mass is 657 g/mol. The normalized spacial score (nSPS) is 12.6. The summed E-state index contributed by atoms with van der Waals surface area (Å²) < 4.78 is 2.16. The SMILES string of the molecule is CC(C)(C)c1ccc(-c2ccc(N(c3ccc(C(C)(C)C)cc3)c3csc4ccc(C(C)(C)C)cc34)c(Cl)c2Br)cc1. The van der Waals surface area contributed by atoms with Crippen molar-refractivity contribution < 1.29 is 0 Å². The smallest absolute Gasteiger partial charge is 0.0794 e. The molecule has 4 aromatic carbocycles. The highest BCUT2D eigenvalue weighted by atomic mass is 79.9. The van der Waals surface area contributed by atoms with E-state index in [1.807, 2.05) is 0 Å². The van der Waals surface area contributed by atoms with Crippen LogP contribution in [-0.4, -0.2) is 0 Å². The molecule has 1 nitrogen and oxygen atoms in total. The van der Waals surface area contributed by atoms with Gasteiger partial charge >= 0.3 is 0 Å². The molecular weight excluding hydrogens is 618 g/mol. The molecule has 0 bridgehead atoms. The lowest BCUT2D eigenvalue weighted by atomic mass is 9.86. The summed E-state index contributed by atoms with van der Waals surface area (Å²) >= 11 is 13.0. The van der Waals surface area contributed by atoms with Crippen molar-refractivity contribution in [3.05, 3.63) is 110 Å². The Morgan fingerprint density at radius 2 is 1.14 bits per heavy atom. The number of benzene rings is 4. The van der Waals surface area contributed by atoms with Gasteiger partial charge in [0.05, 0.1) is 16.4 Å². The Balaban J connectivity index is 1.68. The van der Waals surface area contributed by atoms with Crippen LogP contribution in [-0.2, 0) is 16.2 Å². The third-order valence-electron chi connectivity index (χ3n) is 8.02. The Kier molecular flexibility index (Phi) is 8.20. The van der Waals surface area contributed by atoms with Crippen molar-refractivity contribution in [2.45, 2.75) is 78.6 Å². The Morgan fingerprint density at radius 1 is 0.619 bits per heavy atom. The number of halogens is 2. The maximum Gasteiger partial charge on any atom is 0.0794 e. The number of hydrogen-bond acceptors (Lipinski definition) is 2. The summed E-state index contributed by atoms with van der Waals surface area (Å²) in [6.45, 7) is 20.3. The predicted molar refractivity (Wildman–Crippen MR) is 191 cm³/mol. The number of rotatable bonds is 4. The van der Waals surface area contributed by atoms with Crippen LogP contribution in [0.15, 0.2) is 88.7 Å². The molecule has 218 valence electrons. The van der Waals surface area contributed by atoms with Gasteiger partial charge in [0.25, 0.3) is 0 Å². The van der Waals surface area contributed by atoms with E-state index in [1.165, 1.54) is 26.8 Å². The molecule has 0 unspecified atom stereocenters. The fourth-order valence-corrected chi connectivity index (χ4v) is 6.98. The zero-order valence-electron chi connectivity index (χ0n) is 26.2. The second-order valence-corrected chi connectivity index (χ2v) is 16.4. The summed E-state index contributed by atoms with van der Waals surface area (Å²) in [4.78, 5) is 2.32. The number of anilines is 3. The van der Waals surface area contributed by atoms with Crippen LogP contribution >= 0.6 is 38.9 Å². The predicted octanol–water partition coefficient (Wildman–Crippen LogP) is 13.3. The van der Waals surface area contributed by atoms with Crippen molar-refractivity contribution in [3.8, 4) is 11.1 Å². The van der Waals surface area contributed by atoms with E-state index in [1.54, 1.807) is 11.3 Å². The van der Waals surface area contributed by atoms with Crippen LogP contribution in [0.25, 0.3) is 21.2 Å². The Bertz CT molecular complexity index is 1730. The van der Waals surface area contributed by atoms with Crippen molar-refractivity contribution in [1.29, 1.82) is 0 Å². The van der Waals surface area contributed by atoms with Gasteiger partial charge in [-0.15, -0.1) is 11.3 Å². The molecule has 0 spiro atoms. The van der Waals surface area contributed by atoms with Crippen molar-refractivity contribution in [1.82, 2.24) is 0 Å². The first-order valence-corrected chi connectivity index (χ1v) is 16.6. The van der Waals surface area contributed by atoms with Gasteiger partial charge in [-0.2, -0.15) is 0 Å². The zero-order chi connectivity index (χ0) is 30.6. The molecule has 5 rings (SSSR count). The molecule has 0 fully saturated rings. The second-order valence-electron chi connectivity index (χ2n) is 14.3. The molecule has 0 saturated heterocycles. The van der Waals surface area contributed by atoms with E-state index in [-0.39, 0.29) is 16.2 Å². The summed E-state index contributed by atoms with van der Waals surface area (Å²) in [5.74, 6) is 0. The highest BCUT2D eigenvalue weighted by Crippen LogP contribution is 2.48. The van der Waals surface area contributed by atoms with E-state index in [4.69, 9.17) is 11.6 Å². The van der Waals surface area contributed by atoms with Gasteiger partial charge in [-0.05, 0) is 90.3 Å². The minimum atomic E-state index is 0.0530. The van der Waals surface area contributed by atoms with Gasteiger partial charge in [-0.25, -0.2) is 0 Å². The molecular formula is C38H41BrClNS. The molecule has 0 radical (unpaired) electrons. The van der Waals surface area contributed by atoms with E-state index in [9.17, 15) is 0 Å². The van der Waals surface area contributed by atoms with Crippen LogP contribution in [0, 0.1) is 0 Å². The maximum absolute atomic E-state index is 7.29.